The second-order valence-corrected chi connectivity index (χ2v) is 7.65. The number of carbonyl (C=O) groups excluding carboxylic acids is 2. The summed E-state index contributed by atoms with van der Waals surface area (Å²) in [5, 5.41) is 15.4. The number of thioether (sulfide) groups is 1. The van der Waals surface area contributed by atoms with E-state index in [1.165, 1.54) is 23.1 Å². The lowest BCUT2D eigenvalue weighted by atomic mass is 10.2. The first-order valence-electron chi connectivity index (χ1n) is 8.68. The van der Waals surface area contributed by atoms with Crippen molar-refractivity contribution in [2.24, 2.45) is 0 Å². The van der Waals surface area contributed by atoms with Gasteiger partial charge in [-0.1, -0.05) is 36.9 Å². The molecule has 0 aliphatic carbocycles. The quantitative estimate of drug-likeness (QED) is 0.444. The number of tetrazole rings is 1. The van der Waals surface area contributed by atoms with E-state index in [9.17, 15) is 9.59 Å². The molecule has 0 fully saturated rings. The van der Waals surface area contributed by atoms with Crippen molar-refractivity contribution in [1.29, 1.82) is 0 Å². The topological polar surface area (TPSA) is 99.0 Å². The number of rotatable bonds is 8. The summed E-state index contributed by atoms with van der Waals surface area (Å²) in [5.41, 5.74) is 1.20. The van der Waals surface area contributed by atoms with Crippen LogP contribution in [0.15, 0.2) is 41.6 Å². The van der Waals surface area contributed by atoms with E-state index >= 15 is 0 Å². The summed E-state index contributed by atoms with van der Waals surface area (Å²) in [6, 6.07) is 11.2. The molecular formula is C18H19N5O3S2. The fourth-order valence-corrected chi connectivity index (χ4v) is 4.05. The Morgan fingerprint density at radius 1 is 1.25 bits per heavy atom. The third-order valence-corrected chi connectivity index (χ3v) is 5.77. The number of esters is 1. The van der Waals surface area contributed by atoms with Crippen molar-refractivity contribution in [2.75, 3.05) is 17.7 Å². The number of amides is 1. The van der Waals surface area contributed by atoms with Crippen molar-refractivity contribution in [3.8, 4) is 5.69 Å². The number of aromatic nitrogens is 4. The van der Waals surface area contributed by atoms with Gasteiger partial charge in [0.05, 0.1) is 23.6 Å². The highest BCUT2D eigenvalue weighted by Gasteiger charge is 2.19. The fourth-order valence-electron chi connectivity index (χ4n) is 2.36. The Bertz CT molecular complexity index is 955. The van der Waals surface area contributed by atoms with E-state index in [4.69, 9.17) is 4.74 Å². The van der Waals surface area contributed by atoms with Crippen LogP contribution in [0.5, 0.6) is 0 Å². The molecule has 10 heteroatoms. The lowest BCUT2D eigenvalue weighted by Crippen LogP contribution is -2.16. The minimum Gasteiger partial charge on any atom is -0.462 e. The SMILES string of the molecule is CCOC(=O)c1cc(CC)sc1NC(=O)CSc1nnnn1-c1ccccc1. The van der Waals surface area contributed by atoms with Gasteiger partial charge in [0.25, 0.3) is 0 Å². The Morgan fingerprint density at radius 2 is 2.04 bits per heavy atom. The Morgan fingerprint density at radius 3 is 2.75 bits per heavy atom. The molecule has 1 aromatic carbocycles. The van der Waals surface area contributed by atoms with Gasteiger partial charge in [0.15, 0.2) is 0 Å². The van der Waals surface area contributed by atoms with Gasteiger partial charge in [0, 0.05) is 4.88 Å². The number of nitrogens with one attached hydrogen (secondary N) is 1. The molecule has 2 aromatic heterocycles. The van der Waals surface area contributed by atoms with Crippen molar-refractivity contribution in [3.05, 3.63) is 46.8 Å². The average molecular weight is 418 g/mol. The van der Waals surface area contributed by atoms with E-state index in [1.54, 1.807) is 17.7 Å². The summed E-state index contributed by atoms with van der Waals surface area (Å²) in [6.07, 6.45) is 0.771. The minimum atomic E-state index is -0.436. The summed E-state index contributed by atoms with van der Waals surface area (Å²) in [5.74, 6) is -0.577. The zero-order valence-electron chi connectivity index (χ0n) is 15.4. The van der Waals surface area contributed by atoms with Crippen molar-refractivity contribution in [2.45, 2.75) is 25.4 Å². The predicted octanol–water partition coefficient (Wildman–Crippen LogP) is 3.19. The van der Waals surface area contributed by atoms with Crippen molar-refractivity contribution >= 4 is 40.0 Å². The normalized spacial score (nSPS) is 10.6. The maximum Gasteiger partial charge on any atom is 0.341 e. The van der Waals surface area contributed by atoms with Crippen LogP contribution in [0.2, 0.25) is 0 Å². The van der Waals surface area contributed by atoms with Gasteiger partial charge in [-0.2, -0.15) is 4.68 Å². The Kier molecular flexibility index (Phi) is 6.77. The minimum absolute atomic E-state index is 0.106. The molecule has 0 spiro atoms. The van der Waals surface area contributed by atoms with Crippen LogP contribution in [0, 0.1) is 0 Å². The molecule has 3 rings (SSSR count). The second kappa shape index (κ2) is 9.47. The molecule has 1 amide bonds. The van der Waals surface area contributed by atoms with Gasteiger partial charge < -0.3 is 10.1 Å². The number of hydrogen-bond donors (Lipinski definition) is 1. The van der Waals surface area contributed by atoms with E-state index in [2.05, 4.69) is 20.8 Å². The lowest BCUT2D eigenvalue weighted by Gasteiger charge is -2.06. The van der Waals surface area contributed by atoms with Gasteiger partial charge in [0.2, 0.25) is 11.1 Å². The summed E-state index contributed by atoms with van der Waals surface area (Å²) in [6.45, 7) is 4.02. The summed E-state index contributed by atoms with van der Waals surface area (Å²) in [4.78, 5) is 25.6. The summed E-state index contributed by atoms with van der Waals surface area (Å²) < 4.78 is 6.64. The number of carbonyl (C=O) groups is 2. The Labute approximate surface area is 170 Å². The molecule has 0 bridgehead atoms. The fraction of sp³-hybridized carbons (Fsp3) is 0.278. The van der Waals surface area contributed by atoms with Gasteiger partial charge in [-0.3, -0.25) is 4.79 Å². The van der Waals surface area contributed by atoms with Crippen molar-refractivity contribution in [1.82, 2.24) is 20.2 Å². The molecule has 146 valence electrons. The maximum atomic E-state index is 12.4. The van der Waals surface area contributed by atoms with Gasteiger partial charge in [-0.15, -0.1) is 16.4 Å². The first kappa shape index (κ1) is 20.0. The molecular weight excluding hydrogens is 398 g/mol. The molecule has 2 heterocycles. The molecule has 0 aliphatic rings. The molecule has 8 nitrogen and oxygen atoms in total. The van der Waals surface area contributed by atoms with E-state index in [0.717, 1.165) is 17.0 Å². The number of hydrogen-bond acceptors (Lipinski definition) is 8. The highest BCUT2D eigenvalue weighted by molar-refractivity contribution is 7.99. The lowest BCUT2D eigenvalue weighted by molar-refractivity contribution is -0.113. The molecule has 0 saturated carbocycles. The van der Waals surface area contributed by atoms with E-state index in [0.29, 0.717) is 15.7 Å². The Balaban J connectivity index is 1.67. The second-order valence-electron chi connectivity index (χ2n) is 5.58. The first-order chi connectivity index (χ1) is 13.6. The van der Waals surface area contributed by atoms with Crippen LogP contribution in [0.1, 0.15) is 29.1 Å². The van der Waals surface area contributed by atoms with Crippen molar-refractivity contribution < 1.29 is 14.3 Å². The standard InChI is InChI=1S/C18H19N5O3S2/c1-3-13-10-14(17(25)26-4-2)16(28-13)19-15(24)11-27-18-20-21-22-23(18)12-8-6-5-7-9-12/h5-10H,3-4,11H2,1-2H3,(H,19,24). The number of benzene rings is 1. The largest absolute Gasteiger partial charge is 0.462 e. The number of anilines is 1. The number of ether oxygens (including phenoxy) is 1. The van der Waals surface area contributed by atoms with Gasteiger partial charge in [-0.25, -0.2) is 4.79 Å². The van der Waals surface area contributed by atoms with Crippen LogP contribution in [-0.2, 0) is 16.0 Å². The maximum absolute atomic E-state index is 12.4. The highest BCUT2D eigenvalue weighted by atomic mass is 32.2. The highest BCUT2D eigenvalue weighted by Crippen LogP contribution is 2.29. The first-order valence-corrected chi connectivity index (χ1v) is 10.5. The number of para-hydroxylation sites is 1. The molecule has 1 N–H and O–H groups in total. The van der Waals surface area contributed by atoms with Crippen LogP contribution in [0.4, 0.5) is 5.00 Å². The van der Waals surface area contributed by atoms with E-state index < -0.39 is 5.97 Å². The monoisotopic (exact) mass is 417 g/mol. The van der Waals surface area contributed by atoms with Gasteiger partial charge in [0.1, 0.15) is 5.00 Å². The van der Waals surface area contributed by atoms with E-state index in [-0.39, 0.29) is 18.3 Å². The molecule has 0 radical (unpaired) electrons. The zero-order valence-corrected chi connectivity index (χ0v) is 17.0. The molecule has 0 unspecified atom stereocenters. The summed E-state index contributed by atoms with van der Waals surface area (Å²) in [7, 11) is 0. The zero-order chi connectivity index (χ0) is 19.9. The molecule has 0 aliphatic heterocycles. The summed E-state index contributed by atoms with van der Waals surface area (Å²) >= 11 is 2.59. The van der Waals surface area contributed by atoms with Gasteiger partial charge >= 0.3 is 5.97 Å². The van der Waals surface area contributed by atoms with Crippen LogP contribution >= 0.6 is 23.1 Å². The molecule has 3 aromatic rings. The smallest absolute Gasteiger partial charge is 0.341 e. The third-order valence-electron chi connectivity index (χ3n) is 3.65. The third kappa shape index (κ3) is 4.76. The van der Waals surface area contributed by atoms with Crippen LogP contribution < -0.4 is 5.32 Å². The number of thiophene rings is 1. The average Bonchev–Trinajstić information content (AvgIpc) is 3.34. The number of aryl methyl sites for hydroxylation is 1. The van der Waals surface area contributed by atoms with E-state index in [1.807, 2.05) is 37.3 Å². The number of nitrogens with zero attached hydrogens (tertiary/aromatic N) is 4. The van der Waals surface area contributed by atoms with Gasteiger partial charge in [-0.05, 0) is 42.0 Å². The molecule has 0 saturated heterocycles. The molecule has 0 atom stereocenters. The predicted molar refractivity (Wildman–Crippen MR) is 108 cm³/mol. The molecule has 28 heavy (non-hydrogen) atoms. The van der Waals surface area contributed by atoms with Crippen LogP contribution in [-0.4, -0.2) is 44.4 Å². The Hall–Kier alpha value is -2.72. The van der Waals surface area contributed by atoms with Crippen LogP contribution in [0.3, 0.4) is 0 Å². The van der Waals surface area contributed by atoms with Crippen LogP contribution in [0.25, 0.3) is 5.69 Å². The van der Waals surface area contributed by atoms with Crippen molar-refractivity contribution in [3.63, 3.8) is 0 Å².